The first-order valence-electron chi connectivity index (χ1n) is 11.5. The van der Waals surface area contributed by atoms with E-state index in [1.54, 1.807) is 34.1 Å². The van der Waals surface area contributed by atoms with Crippen LogP contribution >= 0.6 is 0 Å². The van der Waals surface area contributed by atoms with Gasteiger partial charge in [-0.05, 0) is 37.1 Å². The van der Waals surface area contributed by atoms with Crippen LogP contribution in [0, 0.1) is 0 Å². The molecule has 0 aromatic heterocycles. The van der Waals surface area contributed by atoms with Crippen molar-refractivity contribution in [2.24, 2.45) is 0 Å². The van der Waals surface area contributed by atoms with Crippen LogP contribution in [0.2, 0.25) is 0 Å². The lowest BCUT2D eigenvalue weighted by Crippen LogP contribution is -2.30. The Bertz CT molecular complexity index is 962. The number of amides is 2. The lowest BCUT2D eigenvalue weighted by molar-refractivity contribution is -0.114. The molecule has 2 aliphatic heterocycles. The van der Waals surface area contributed by atoms with E-state index in [1.807, 2.05) is 24.3 Å². The predicted octanol–water partition coefficient (Wildman–Crippen LogP) is 4.57. The molecule has 166 valence electrons. The lowest BCUT2D eigenvalue weighted by Gasteiger charge is -2.16. The molecule has 2 aliphatic rings. The normalized spacial score (nSPS) is 15.0. The van der Waals surface area contributed by atoms with Crippen molar-refractivity contribution in [1.82, 2.24) is 0 Å². The van der Waals surface area contributed by atoms with Crippen molar-refractivity contribution < 1.29 is 19.2 Å². The average molecular weight is 433 g/mol. The molecule has 0 radical (unpaired) electrons. The summed E-state index contributed by atoms with van der Waals surface area (Å²) < 4.78 is 0. The second-order valence-electron chi connectivity index (χ2n) is 8.43. The number of para-hydroxylation sites is 2. The van der Waals surface area contributed by atoms with Gasteiger partial charge in [0.05, 0.1) is 22.5 Å². The van der Waals surface area contributed by atoms with E-state index in [4.69, 9.17) is 0 Å². The van der Waals surface area contributed by atoms with Gasteiger partial charge < -0.3 is 9.80 Å². The number of anilines is 2. The first kappa shape index (κ1) is 21.9. The van der Waals surface area contributed by atoms with Gasteiger partial charge in [0.25, 0.3) is 23.4 Å². The summed E-state index contributed by atoms with van der Waals surface area (Å²) in [7, 11) is 0. The standard InChI is InChI=1S/C26H28N2O4/c29-23-19-13-7-9-15-21(19)27(25(23)31)17-11-5-3-1-2-4-6-12-18-28-22-16-10-8-14-20(22)24(30)26(28)32/h7-10,13-16H,1-6,11-12,17-18H2. The van der Waals surface area contributed by atoms with E-state index in [9.17, 15) is 19.2 Å². The van der Waals surface area contributed by atoms with Crippen molar-refractivity contribution in [2.75, 3.05) is 22.9 Å². The first-order chi connectivity index (χ1) is 15.6. The maximum atomic E-state index is 12.2. The fraction of sp³-hybridized carbons (Fsp3) is 0.385. The van der Waals surface area contributed by atoms with Crippen molar-refractivity contribution in [2.45, 2.75) is 51.4 Å². The van der Waals surface area contributed by atoms with E-state index in [0.29, 0.717) is 24.2 Å². The molecular weight excluding hydrogens is 404 g/mol. The molecular formula is C26H28N2O4. The number of ketones is 2. The predicted molar refractivity (Wildman–Crippen MR) is 123 cm³/mol. The molecule has 0 unspecified atom stereocenters. The molecule has 0 saturated carbocycles. The average Bonchev–Trinajstić information content (AvgIpc) is 3.20. The monoisotopic (exact) mass is 432 g/mol. The molecule has 4 rings (SSSR count). The summed E-state index contributed by atoms with van der Waals surface area (Å²) in [5, 5.41) is 0. The maximum absolute atomic E-state index is 12.2. The number of carbonyl (C=O) groups excluding carboxylic acids is 4. The van der Waals surface area contributed by atoms with E-state index in [2.05, 4.69) is 0 Å². The van der Waals surface area contributed by atoms with Crippen LogP contribution in [0.15, 0.2) is 48.5 Å². The van der Waals surface area contributed by atoms with Gasteiger partial charge in [-0.2, -0.15) is 0 Å². The Balaban J connectivity index is 1.08. The molecule has 2 heterocycles. The fourth-order valence-electron chi connectivity index (χ4n) is 4.54. The van der Waals surface area contributed by atoms with Gasteiger partial charge in [0.1, 0.15) is 0 Å². The van der Waals surface area contributed by atoms with Gasteiger partial charge in [0, 0.05) is 13.1 Å². The second-order valence-corrected chi connectivity index (χ2v) is 8.43. The van der Waals surface area contributed by atoms with Crippen molar-refractivity contribution in [3.63, 3.8) is 0 Å². The van der Waals surface area contributed by atoms with Crippen molar-refractivity contribution in [3.8, 4) is 0 Å². The summed E-state index contributed by atoms with van der Waals surface area (Å²) in [6.45, 7) is 1.18. The van der Waals surface area contributed by atoms with Crippen LogP contribution < -0.4 is 9.80 Å². The van der Waals surface area contributed by atoms with Gasteiger partial charge in [-0.25, -0.2) is 0 Å². The Morgan fingerprint density at radius 3 is 1.22 bits per heavy atom. The van der Waals surface area contributed by atoms with Crippen molar-refractivity contribution in [1.29, 1.82) is 0 Å². The number of unbranched alkanes of at least 4 members (excludes halogenated alkanes) is 7. The van der Waals surface area contributed by atoms with Crippen molar-refractivity contribution >= 4 is 34.8 Å². The Kier molecular flexibility index (Phi) is 6.78. The van der Waals surface area contributed by atoms with E-state index in [-0.39, 0.29) is 0 Å². The first-order valence-corrected chi connectivity index (χ1v) is 11.5. The highest BCUT2D eigenvalue weighted by atomic mass is 16.2. The number of carbonyl (C=O) groups is 4. The number of hydrogen-bond acceptors (Lipinski definition) is 4. The van der Waals surface area contributed by atoms with Crippen LogP contribution in [-0.2, 0) is 9.59 Å². The molecule has 6 heteroatoms. The molecule has 6 nitrogen and oxygen atoms in total. The molecule has 0 bridgehead atoms. The number of hydrogen-bond donors (Lipinski definition) is 0. The van der Waals surface area contributed by atoms with Crippen LogP contribution in [0.25, 0.3) is 0 Å². The van der Waals surface area contributed by atoms with Gasteiger partial charge in [0.2, 0.25) is 0 Å². The highest BCUT2D eigenvalue weighted by Crippen LogP contribution is 2.30. The van der Waals surface area contributed by atoms with Crippen LogP contribution in [0.3, 0.4) is 0 Å². The fourth-order valence-corrected chi connectivity index (χ4v) is 4.54. The third kappa shape index (κ3) is 4.35. The third-order valence-electron chi connectivity index (χ3n) is 6.27. The van der Waals surface area contributed by atoms with Gasteiger partial charge in [-0.1, -0.05) is 62.8 Å². The summed E-state index contributed by atoms with van der Waals surface area (Å²) in [6.07, 6.45) is 8.30. The van der Waals surface area contributed by atoms with E-state index >= 15 is 0 Å². The quantitative estimate of drug-likeness (QED) is 0.385. The molecule has 2 aromatic rings. The zero-order chi connectivity index (χ0) is 22.5. The molecule has 0 N–H and O–H groups in total. The van der Waals surface area contributed by atoms with Crippen molar-refractivity contribution in [3.05, 3.63) is 59.7 Å². The molecule has 0 fully saturated rings. The minimum atomic E-state index is -0.410. The van der Waals surface area contributed by atoms with E-state index in [1.165, 1.54) is 0 Å². The smallest absolute Gasteiger partial charge is 0.299 e. The molecule has 0 spiro atoms. The Hall–Kier alpha value is -3.28. The molecule has 32 heavy (non-hydrogen) atoms. The molecule has 2 aromatic carbocycles. The Morgan fingerprint density at radius 2 is 0.812 bits per heavy atom. The van der Waals surface area contributed by atoms with Crippen LogP contribution in [0.5, 0.6) is 0 Å². The molecule has 0 atom stereocenters. The van der Waals surface area contributed by atoms with Crippen LogP contribution in [0.4, 0.5) is 11.4 Å². The Morgan fingerprint density at radius 1 is 0.469 bits per heavy atom. The number of rotatable bonds is 11. The molecule has 0 aliphatic carbocycles. The number of nitrogens with zero attached hydrogens (tertiary/aromatic N) is 2. The van der Waals surface area contributed by atoms with Gasteiger partial charge in [-0.3, -0.25) is 19.2 Å². The number of benzene rings is 2. The third-order valence-corrected chi connectivity index (χ3v) is 6.27. The SMILES string of the molecule is O=C1C(=O)N(CCCCCCCCCCN2C(=O)C(=O)c3ccccc32)c2ccccc21. The minimum absolute atomic E-state index is 0.399. The molecule has 0 saturated heterocycles. The van der Waals surface area contributed by atoms with Gasteiger partial charge >= 0.3 is 0 Å². The largest absolute Gasteiger partial charge is 0.305 e. The van der Waals surface area contributed by atoms with Crippen LogP contribution in [0.1, 0.15) is 72.1 Å². The Labute approximate surface area is 188 Å². The minimum Gasteiger partial charge on any atom is -0.305 e. The van der Waals surface area contributed by atoms with Crippen LogP contribution in [-0.4, -0.2) is 36.5 Å². The zero-order valence-corrected chi connectivity index (χ0v) is 18.2. The van der Waals surface area contributed by atoms with Gasteiger partial charge in [-0.15, -0.1) is 0 Å². The summed E-state index contributed by atoms with van der Waals surface area (Å²) >= 11 is 0. The maximum Gasteiger partial charge on any atom is 0.299 e. The number of fused-ring (bicyclic) bond motifs is 2. The highest BCUT2D eigenvalue weighted by molar-refractivity contribution is 6.52. The summed E-state index contributed by atoms with van der Waals surface area (Å²) in [6, 6.07) is 14.4. The molecule has 2 amide bonds. The van der Waals surface area contributed by atoms with E-state index < -0.39 is 23.4 Å². The lowest BCUT2D eigenvalue weighted by atomic mass is 10.1. The summed E-state index contributed by atoms with van der Waals surface area (Å²) in [4.78, 5) is 51.6. The summed E-state index contributed by atoms with van der Waals surface area (Å²) in [5.41, 5.74) is 2.51. The van der Waals surface area contributed by atoms with Gasteiger partial charge in [0.15, 0.2) is 0 Å². The number of Topliss-reactive ketones (excluding diaryl/α,β-unsaturated/α-hetero) is 2. The second kappa shape index (κ2) is 9.90. The zero-order valence-electron chi connectivity index (χ0n) is 18.2. The summed E-state index contributed by atoms with van der Waals surface area (Å²) in [5.74, 6) is -1.62. The highest BCUT2D eigenvalue weighted by Gasteiger charge is 2.35. The van der Waals surface area contributed by atoms with E-state index in [0.717, 1.165) is 62.7 Å². The topological polar surface area (TPSA) is 74.8 Å².